The van der Waals surface area contributed by atoms with E-state index in [1.54, 1.807) is 23.1 Å². The Morgan fingerprint density at radius 2 is 1.72 bits per heavy atom. The second kappa shape index (κ2) is 8.36. The van der Waals surface area contributed by atoms with E-state index in [9.17, 15) is 23.3 Å². The van der Waals surface area contributed by atoms with Crippen molar-refractivity contribution >= 4 is 32.5 Å². The number of rotatable bonds is 5. The minimum Gasteiger partial charge on any atom is -0.360 e. The largest absolute Gasteiger partial charge is 0.360 e. The second-order valence-electron chi connectivity index (χ2n) is 8.11. The number of non-ortho nitro benzene ring substituents is 1. The molecule has 0 aliphatic carbocycles. The van der Waals surface area contributed by atoms with E-state index in [1.807, 2.05) is 26.0 Å². The molecule has 0 atom stereocenters. The number of amides is 1. The molecule has 0 spiro atoms. The first-order chi connectivity index (χ1) is 15.2. The van der Waals surface area contributed by atoms with Gasteiger partial charge >= 0.3 is 0 Å². The lowest BCUT2D eigenvalue weighted by molar-refractivity contribution is -0.384. The quantitative estimate of drug-likeness (QED) is 0.467. The third-order valence-electron chi connectivity index (χ3n) is 5.82. The summed E-state index contributed by atoms with van der Waals surface area (Å²) in [6, 6.07) is 11.2. The fraction of sp³-hybridized carbons (Fsp3) is 0.318. The summed E-state index contributed by atoms with van der Waals surface area (Å²) in [6.07, 6.45) is 1.54. The molecular formula is C22H24N4O5S. The number of nitro groups is 1. The molecule has 3 aromatic rings. The monoisotopic (exact) mass is 456 g/mol. The summed E-state index contributed by atoms with van der Waals surface area (Å²) in [7, 11) is -3.64. The van der Waals surface area contributed by atoms with Crippen molar-refractivity contribution in [3.63, 3.8) is 0 Å². The van der Waals surface area contributed by atoms with E-state index in [-0.39, 0.29) is 42.7 Å². The fourth-order valence-electron chi connectivity index (χ4n) is 3.87. The Morgan fingerprint density at radius 1 is 1.06 bits per heavy atom. The number of carbonyl (C=O) groups excluding carboxylic acids is 1. The Hall–Kier alpha value is -3.24. The predicted octanol–water partition coefficient (Wildman–Crippen LogP) is 3.35. The molecule has 1 fully saturated rings. The van der Waals surface area contributed by atoms with Gasteiger partial charge in [-0.1, -0.05) is 26.0 Å². The number of nitro benzene ring substituents is 1. The van der Waals surface area contributed by atoms with Crippen molar-refractivity contribution in [3.8, 4) is 0 Å². The van der Waals surface area contributed by atoms with Crippen LogP contribution in [0.5, 0.6) is 0 Å². The molecule has 1 aromatic heterocycles. The van der Waals surface area contributed by atoms with Gasteiger partial charge in [0.05, 0.1) is 15.4 Å². The van der Waals surface area contributed by atoms with Gasteiger partial charge in [-0.15, -0.1) is 0 Å². The summed E-state index contributed by atoms with van der Waals surface area (Å²) in [5.74, 6) is 0.0299. The zero-order valence-corrected chi connectivity index (χ0v) is 18.6. The Bertz CT molecular complexity index is 1270. The van der Waals surface area contributed by atoms with Crippen molar-refractivity contribution in [2.75, 3.05) is 26.2 Å². The normalized spacial score (nSPS) is 15.4. The first-order valence-electron chi connectivity index (χ1n) is 10.3. The maximum absolute atomic E-state index is 13.1. The summed E-state index contributed by atoms with van der Waals surface area (Å²) >= 11 is 0. The van der Waals surface area contributed by atoms with Crippen LogP contribution in [-0.4, -0.2) is 59.6 Å². The van der Waals surface area contributed by atoms with Gasteiger partial charge in [-0.2, -0.15) is 4.31 Å². The standard InChI is InChI=1S/C22H24N4O5S/c1-15(2)16-3-6-18(7-4-16)32(30,31)25-11-9-24(10-12-25)22(27)20-14-23-21-8-5-17(26(28)29)13-19(20)21/h3-8,13-15,23H,9-12H2,1-2H3. The molecule has 168 valence electrons. The molecule has 10 heteroatoms. The molecule has 1 aliphatic heterocycles. The van der Waals surface area contributed by atoms with Crippen molar-refractivity contribution in [3.05, 3.63) is 69.9 Å². The van der Waals surface area contributed by atoms with Crippen molar-refractivity contribution < 1.29 is 18.1 Å². The molecule has 2 aromatic carbocycles. The van der Waals surface area contributed by atoms with Crippen LogP contribution >= 0.6 is 0 Å². The van der Waals surface area contributed by atoms with E-state index in [4.69, 9.17) is 0 Å². The van der Waals surface area contributed by atoms with Crippen molar-refractivity contribution in [2.24, 2.45) is 0 Å². The first-order valence-corrected chi connectivity index (χ1v) is 11.8. The van der Waals surface area contributed by atoms with E-state index in [0.717, 1.165) is 5.56 Å². The molecule has 1 amide bonds. The number of H-pyrrole nitrogens is 1. The fourth-order valence-corrected chi connectivity index (χ4v) is 5.30. The van der Waals surface area contributed by atoms with E-state index in [2.05, 4.69) is 4.98 Å². The third kappa shape index (κ3) is 3.98. The number of hydrogen-bond donors (Lipinski definition) is 1. The highest BCUT2D eigenvalue weighted by atomic mass is 32.2. The van der Waals surface area contributed by atoms with Crippen LogP contribution in [0.15, 0.2) is 53.6 Å². The molecular weight excluding hydrogens is 432 g/mol. The molecule has 0 radical (unpaired) electrons. The van der Waals surface area contributed by atoms with Gasteiger partial charge in [0.1, 0.15) is 0 Å². The zero-order valence-electron chi connectivity index (χ0n) is 17.8. The van der Waals surface area contributed by atoms with Crippen LogP contribution in [-0.2, 0) is 10.0 Å². The van der Waals surface area contributed by atoms with E-state index >= 15 is 0 Å². The maximum atomic E-state index is 13.1. The number of sulfonamides is 1. The summed E-state index contributed by atoms with van der Waals surface area (Å²) in [4.78, 5) is 28.4. The maximum Gasteiger partial charge on any atom is 0.270 e. The van der Waals surface area contributed by atoms with Crippen LogP contribution in [0, 0.1) is 10.1 Å². The van der Waals surface area contributed by atoms with Crippen LogP contribution in [0.4, 0.5) is 5.69 Å². The number of hydrogen-bond acceptors (Lipinski definition) is 5. The molecule has 32 heavy (non-hydrogen) atoms. The topological polar surface area (TPSA) is 117 Å². The highest BCUT2D eigenvalue weighted by Crippen LogP contribution is 2.26. The average Bonchev–Trinajstić information content (AvgIpc) is 3.22. The molecule has 9 nitrogen and oxygen atoms in total. The van der Waals surface area contributed by atoms with Gasteiger partial charge in [0.15, 0.2) is 0 Å². The highest BCUT2D eigenvalue weighted by molar-refractivity contribution is 7.89. The molecule has 4 rings (SSSR count). The van der Waals surface area contributed by atoms with Crippen LogP contribution in [0.3, 0.4) is 0 Å². The Morgan fingerprint density at radius 3 is 2.31 bits per heavy atom. The second-order valence-corrected chi connectivity index (χ2v) is 10.0. The number of nitrogens with zero attached hydrogens (tertiary/aromatic N) is 3. The van der Waals surface area contributed by atoms with Crippen molar-refractivity contribution in [2.45, 2.75) is 24.7 Å². The van der Waals surface area contributed by atoms with Gasteiger partial charge in [-0.05, 0) is 29.7 Å². The smallest absolute Gasteiger partial charge is 0.270 e. The van der Waals surface area contributed by atoms with E-state index in [0.29, 0.717) is 22.4 Å². The number of aromatic amines is 1. The van der Waals surface area contributed by atoms with Crippen LogP contribution in [0.2, 0.25) is 0 Å². The number of nitrogens with one attached hydrogen (secondary N) is 1. The minimum atomic E-state index is -3.64. The Labute approximate surface area is 185 Å². The third-order valence-corrected chi connectivity index (χ3v) is 7.73. The molecule has 1 N–H and O–H groups in total. The van der Waals surface area contributed by atoms with Crippen molar-refractivity contribution in [1.29, 1.82) is 0 Å². The molecule has 0 unspecified atom stereocenters. The number of aromatic nitrogens is 1. The van der Waals surface area contributed by atoms with E-state index < -0.39 is 14.9 Å². The van der Waals surface area contributed by atoms with Gasteiger partial charge in [0.2, 0.25) is 10.0 Å². The molecule has 0 saturated carbocycles. The van der Waals surface area contributed by atoms with Crippen LogP contribution in [0.25, 0.3) is 10.9 Å². The van der Waals surface area contributed by atoms with Gasteiger partial charge in [0.25, 0.3) is 11.6 Å². The molecule has 1 aliphatic rings. The average molecular weight is 457 g/mol. The number of piperazine rings is 1. The molecule has 2 heterocycles. The minimum absolute atomic E-state index is 0.0921. The number of fused-ring (bicyclic) bond motifs is 1. The summed E-state index contributed by atoms with van der Waals surface area (Å²) in [5, 5.41) is 11.6. The lowest BCUT2D eigenvalue weighted by Gasteiger charge is -2.34. The van der Waals surface area contributed by atoms with Gasteiger partial charge in [-0.25, -0.2) is 8.42 Å². The predicted molar refractivity (Wildman–Crippen MR) is 120 cm³/mol. The van der Waals surface area contributed by atoms with Gasteiger partial charge in [-0.3, -0.25) is 14.9 Å². The first kappa shape index (κ1) is 22.0. The number of carbonyl (C=O) groups is 1. The number of benzene rings is 2. The summed E-state index contributed by atoms with van der Waals surface area (Å²) in [6.45, 7) is 4.94. The lowest BCUT2D eigenvalue weighted by atomic mass is 10.0. The summed E-state index contributed by atoms with van der Waals surface area (Å²) in [5.41, 5.74) is 1.94. The summed E-state index contributed by atoms with van der Waals surface area (Å²) < 4.78 is 27.4. The van der Waals surface area contributed by atoms with Crippen LogP contribution in [0.1, 0.15) is 35.7 Å². The van der Waals surface area contributed by atoms with Gasteiger partial charge in [0, 0.05) is 55.4 Å². The van der Waals surface area contributed by atoms with Crippen LogP contribution < -0.4 is 0 Å². The lowest BCUT2D eigenvalue weighted by Crippen LogP contribution is -2.50. The van der Waals surface area contributed by atoms with E-state index in [1.165, 1.54) is 22.6 Å². The molecule has 1 saturated heterocycles. The highest BCUT2D eigenvalue weighted by Gasteiger charge is 2.31. The SMILES string of the molecule is CC(C)c1ccc(S(=O)(=O)N2CCN(C(=O)c3c[nH]c4ccc([N+](=O)[O-])cc34)CC2)cc1. The zero-order chi connectivity index (χ0) is 23.0. The van der Waals surface area contributed by atoms with Crippen molar-refractivity contribution in [1.82, 2.24) is 14.2 Å². The van der Waals surface area contributed by atoms with Gasteiger partial charge < -0.3 is 9.88 Å². The Balaban J connectivity index is 1.49. The molecule has 0 bridgehead atoms. The Kier molecular flexibility index (Phi) is 5.74.